The molecule has 1 aromatic heterocycles. The molecule has 0 radical (unpaired) electrons. The first-order valence-electron chi connectivity index (χ1n) is 6.83. The molecule has 116 valence electrons. The standard InChI is InChI=1S/C16H18N2O4/c1-17(2)9-10-18-13-6-4-3-5-12(13)11-14(18)22-16(21)8-7-15(19)20/h3-8,11H,9-10H2,1-2H3,(H,19,20)/b8-7+. The Labute approximate surface area is 128 Å². The van der Waals surface area contributed by atoms with Gasteiger partial charge in [-0.15, -0.1) is 0 Å². The summed E-state index contributed by atoms with van der Waals surface area (Å²) in [5.74, 6) is -1.50. The first kappa shape index (κ1) is 15.8. The number of hydrogen-bond donors (Lipinski definition) is 1. The number of esters is 1. The van der Waals surface area contributed by atoms with E-state index in [0.717, 1.165) is 29.6 Å². The molecule has 0 saturated carbocycles. The SMILES string of the molecule is CN(C)CCn1c(OC(=O)/C=C/C(=O)O)cc2ccccc21. The fourth-order valence-corrected chi connectivity index (χ4v) is 2.08. The van der Waals surface area contributed by atoms with E-state index < -0.39 is 11.9 Å². The van der Waals surface area contributed by atoms with E-state index in [9.17, 15) is 9.59 Å². The fourth-order valence-electron chi connectivity index (χ4n) is 2.08. The lowest BCUT2D eigenvalue weighted by atomic mass is 10.2. The molecule has 0 spiro atoms. The van der Waals surface area contributed by atoms with Crippen molar-refractivity contribution in [1.82, 2.24) is 9.47 Å². The van der Waals surface area contributed by atoms with Crippen LogP contribution in [0.3, 0.4) is 0 Å². The number of carbonyl (C=O) groups is 2. The van der Waals surface area contributed by atoms with Crippen LogP contribution in [0.15, 0.2) is 42.5 Å². The van der Waals surface area contributed by atoms with Crippen LogP contribution in [0.4, 0.5) is 0 Å². The topological polar surface area (TPSA) is 71.8 Å². The fraction of sp³-hybridized carbons (Fsp3) is 0.250. The number of aromatic nitrogens is 1. The summed E-state index contributed by atoms with van der Waals surface area (Å²) in [4.78, 5) is 24.2. The molecule has 0 fully saturated rings. The minimum atomic E-state index is -1.19. The van der Waals surface area contributed by atoms with Crippen LogP contribution in [0.25, 0.3) is 10.9 Å². The molecule has 2 aromatic rings. The normalized spacial score (nSPS) is 11.4. The van der Waals surface area contributed by atoms with Gasteiger partial charge in [0.05, 0.1) is 5.52 Å². The molecule has 0 bridgehead atoms. The Bertz CT molecular complexity index is 716. The van der Waals surface area contributed by atoms with Gasteiger partial charge in [0.15, 0.2) is 0 Å². The Kier molecular flexibility index (Phi) is 4.95. The van der Waals surface area contributed by atoms with E-state index in [1.165, 1.54) is 0 Å². The number of rotatable bonds is 6. The Hall–Kier alpha value is -2.60. The zero-order valence-electron chi connectivity index (χ0n) is 12.5. The highest BCUT2D eigenvalue weighted by Crippen LogP contribution is 2.25. The van der Waals surface area contributed by atoms with Gasteiger partial charge in [0.25, 0.3) is 0 Å². The third-order valence-electron chi connectivity index (χ3n) is 3.11. The molecule has 0 saturated heterocycles. The number of aliphatic carboxylic acids is 1. The molecule has 0 aliphatic heterocycles. The highest BCUT2D eigenvalue weighted by Gasteiger charge is 2.12. The Balaban J connectivity index is 2.29. The second kappa shape index (κ2) is 6.91. The van der Waals surface area contributed by atoms with Crippen LogP contribution in [0.2, 0.25) is 0 Å². The molecule has 1 N–H and O–H groups in total. The first-order chi connectivity index (χ1) is 10.5. The quantitative estimate of drug-likeness (QED) is 0.650. The van der Waals surface area contributed by atoms with Crippen LogP contribution in [0, 0.1) is 0 Å². The number of benzene rings is 1. The van der Waals surface area contributed by atoms with Gasteiger partial charge in [-0.3, -0.25) is 0 Å². The Morgan fingerprint density at radius 1 is 1.27 bits per heavy atom. The molecule has 1 aromatic carbocycles. The van der Waals surface area contributed by atoms with Crippen molar-refractivity contribution in [2.45, 2.75) is 6.54 Å². The maximum atomic E-state index is 11.7. The van der Waals surface area contributed by atoms with E-state index in [4.69, 9.17) is 9.84 Å². The number of carboxylic acids is 1. The molecular weight excluding hydrogens is 284 g/mol. The second-order valence-electron chi connectivity index (χ2n) is 5.09. The van der Waals surface area contributed by atoms with Crippen molar-refractivity contribution in [3.63, 3.8) is 0 Å². The van der Waals surface area contributed by atoms with E-state index in [2.05, 4.69) is 0 Å². The molecule has 0 unspecified atom stereocenters. The van der Waals surface area contributed by atoms with Crippen LogP contribution in [0.1, 0.15) is 0 Å². The van der Waals surface area contributed by atoms with Gasteiger partial charge in [-0.25, -0.2) is 9.59 Å². The maximum absolute atomic E-state index is 11.7. The number of ether oxygens (including phenoxy) is 1. The second-order valence-corrected chi connectivity index (χ2v) is 5.09. The minimum Gasteiger partial charge on any atom is -0.478 e. The van der Waals surface area contributed by atoms with Crippen molar-refractivity contribution < 1.29 is 19.4 Å². The summed E-state index contributed by atoms with van der Waals surface area (Å²) >= 11 is 0. The smallest absolute Gasteiger partial charge is 0.337 e. The molecule has 6 heteroatoms. The lowest BCUT2D eigenvalue weighted by molar-refractivity contribution is -0.133. The van der Waals surface area contributed by atoms with Gasteiger partial charge in [0.2, 0.25) is 5.88 Å². The van der Waals surface area contributed by atoms with Crippen LogP contribution in [0.5, 0.6) is 5.88 Å². The third-order valence-corrected chi connectivity index (χ3v) is 3.11. The summed E-state index contributed by atoms with van der Waals surface area (Å²) in [7, 11) is 3.93. The van der Waals surface area contributed by atoms with Gasteiger partial charge in [0.1, 0.15) is 0 Å². The van der Waals surface area contributed by atoms with Crippen LogP contribution in [-0.4, -0.2) is 47.2 Å². The van der Waals surface area contributed by atoms with Gasteiger partial charge < -0.3 is 19.3 Å². The highest BCUT2D eigenvalue weighted by atomic mass is 16.5. The lowest BCUT2D eigenvalue weighted by Crippen LogP contribution is -2.19. The molecule has 0 aliphatic carbocycles. The Morgan fingerprint density at radius 3 is 2.68 bits per heavy atom. The van der Waals surface area contributed by atoms with Crippen LogP contribution in [-0.2, 0) is 16.1 Å². The maximum Gasteiger partial charge on any atom is 0.337 e. The number of nitrogens with zero attached hydrogens (tertiary/aromatic N) is 2. The summed E-state index contributed by atoms with van der Waals surface area (Å²) in [6.07, 6.45) is 1.66. The van der Waals surface area contributed by atoms with Gasteiger partial charge in [0, 0.05) is 36.7 Å². The zero-order chi connectivity index (χ0) is 16.1. The van der Waals surface area contributed by atoms with Crippen molar-refractivity contribution in [3.05, 3.63) is 42.5 Å². The first-order valence-corrected chi connectivity index (χ1v) is 6.83. The monoisotopic (exact) mass is 302 g/mol. The largest absolute Gasteiger partial charge is 0.478 e. The number of carboxylic acid groups (broad SMARTS) is 1. The zero-order valence-corrected chi connectivity index (χ0v) is 12.5. The van der Waals surface area contributed by atoms with Crippen molar-refractivity contribution in [3.8, 4) is 5.88 Å². The van der Waals surface area contributed by atoms with Crippen molar-refractivity contribution in [1.29, 1.82) is 0 Å². The van der Waals surface area contributed by atoms with Crippen molar-refractivity contribution >= 4 is 22.8 Å². The number of fused-ring (bicyclic) bond motifs is 1. The molecule has 6 nitrogen and oxygen atoms in total. The van der Waals surface area contributed by atoms with Crippen molar-refractivity contribution in [2.75, 3.05) is 20.6 Å². The summed E-state index contributed by atoms with van der Waals surface area (Å²) in [5, 5.41) is 9.50. The highest BCUT2D eigenvalue weighted by molar-refractivity contribution is 5.92. The third kappa shape index (κ3) is 3.95. The molecule has 0 atom stereocenters. The molecule has 22 heavy (non-hydrogen) atoms. The number of carbonyl (C=O) groups excluding carboxylic acids is 1. The van der Waals surface area contributed by atoms with E-state index in [-0.39, 0.29) is 0 Å². The lowest BCUT2D eigenvalue weighted by Gasteiger charge is -2.13. The summed E-state index contributed by atoms with van der Waals surface area (Å²) in [6.45, 7) is 1.44. The molecule has 1 heterocycles. The molecule has 0 aliphatic rings. The van der Waals surface area contributed by atoms with Crippen LogP contribution < -0.4 is 4.74 Å². The van der Waals surface area contributed by atoms with E-state index >= 15 is 0 Å². The predicted octanol–water partition coefficient (Wildman–Crippen LogP) is 1.75. The van der Waals surface area contributed by atoms with E-state index in [1.54, 1.807) is 6.07 Å². The molecular formula is C16H18N2O4. The number of para-hydroxylation sites is 1. The summed E-state index contributed by atoms with van der Waals surface area (Å²) < 4.78 is 7.17. The average Bonchev–Trinajstić information content (AvgIpc) is 2.80. The molecule has 2 rings (SSSR count). The summed E-state index contributed by atoms with van der Waals surface area (Å²) in [6, 6.07) is 9.50. The van der Waals surface area contributed by atoms with Gasteiger partial charge in [-0.05, 0) is 20.2 Å². The van der Waals surface area contributed by atoms with E-state index in [0.29, 0.717) is 12.4 Å². The van der Waals surface area contributed by atoms with Gasteiger partial charge >= 0.3 is 11.9 Å². The van der Waals surface area contributed by atoms with E-state index in [1.807, 2.05) is 47.8 Å². The van der Waals surface area contributed by atoms with Crippen LogP contribution >= 0.6 is 0 Å². The Morgan fingerprint density at radius 2 is 2.00 bits per heavy atom. The number of likely N-dealkylation sites (N-methyl/N-ethyl adjacent to an activating group) is 1. The minimum absolute atomic E-state index is 0.406. The average molecular weight is 302 g/mol. The van der Waals surface area contributed by atoms with Gasteiger partial charge in [-0.1, -0.05) is 18.2 Å². The molecule has 0 amide bonds. The predicted molar refractivity (Wildman–Crippen MR) is 82.9 cm³/mol. The van der Waals surface area contributed by atoms with Gasteiger partial charge in [-0.2, -0.15) is 0 Å². The number of hydrogen-bond acceptors (Lipinski definition) is 4. The summed E-state index contributed by atoms with van der Waals surface area (Å²) in [5.41, 5.74) is 0.967. The van der Waals surface area contributed by atoms with Crippen molar-refractivity contribution in [2.24, 2.45) is 0 Å².